The Kier molecular flexibility index (Phi) is 4.79. The van der Waals surface area contributed by atoms with Gasteiger partial charge in [-0.2, -0.15) is 0 Å². The van der Waals surface area contributed by atoms with E-state index in [1.54, 1.807) is 0 Å². The molecule has 1 aliphatic heterocycles. The van der Waals surface area contributed by atoms with Crippen molar-refractivity contribution in [3.8, 4) is 0 Å². The predicted molar refractivity (Wildman–Crippen MR) is 75.7 cm³/mol. The molecule has 1 aliphatic rings. The maximum absolute atomic E-state index is 6.33. The standard InChI is InChI=1S/C16H25NO/c1-12-6-5-8-15(13(12)2)16(17)10-9-14-7-3-4-11-18-14/h5-6,8,14,16H,3-4,7,9-11,17H2,1-2H3. The fourth-order valence-corrected chi connectivity index (χ4v) is 2.73. The molecule has 0 aliphatic carbocycles. The van der Waals surface area contributed by atoms with Crippen LogP contribution in [0.2, 0.25) is 0 Å². The van der Waals surface area contributed by atoms with E-state index in [-0.39, 0.29) is 6.04 Å². The maximum atomic E-state index is 6.33. The first-order valence-electron chi connectivity index (χ1n) is 7.12. The summed E-state index contributed by atoms with van der Waals surface area (Å²) in [6, 6.07) is 6.56. The average molecular weight is 247 g/mol. The number of rotatable bonds is 4. The predicted octanol–water partition coefficient (Wildman–Crippen LogP) is 3.65. The van der Waals surface area contributed by atoms with Crippen molar-refractivity contribution < 1.29 is 4.74 Å². The second-order valence-electron chi connectivity index (χ2n) is 5.46. The van der Waals surface area contributed by atoms with Crippen molar-refractivity contribution in [1.82, 2.24) is 0 Å². The van der Waals surface area contributed by atoms with Crippen molar-refractivity contribution in [2.75, 3.05) is 6.61 Å². The minimum Gasteiger partial charge on any atom is -0.378 e. The molecular weight excluding hydrogens is 222 g/mol. The molecule has 1 aromatic rings. The van der Waals surface area contributed by atoms with Crippen LogP contribution in [0, 0.1) is 13.8 Å². The zero-order valence-electron chi connectivity index (χ0n) is 11.6. The Morgan fingerprint density at radius 1 is 1.33 bits per heavy atom. The summed E-state index contributed by atoms with van der Waals surface area (Å²) in [7, 11) is 0. The Hall–Kier alpha value is -0.860. The zero-order chi connectivity index (χ0) is 13.0. The van der Waals surface area contributed by atoms with Crippen LogP contribution in [-0.4, -0.2) is 12.7 Å². The van der Waals surface area contributed by atoms with Gasteiger partial charge in [0.25, 0.3) is 0 Å². The van der Waals surface area contributed by atoms with Crippen molar-refractivity contribution in [1.29, 1.82) is 0 Å². The quantitative estimate of drug-likeness (QED) is 0.881. The van der Waals surface area contributed by atoms with Gasteiger partial charge in [-0.05, 0) is 62.6 Å². The minimum atomic E-state index is 0.149. The van der Waals surface area contributed by atoms with Crippen LogP contribution >= 0.6 is 0 Å². The van der Waals surface area contributed by atoms with Gasteiger partial charge in [0.2, 0.25) is 0 Å². The van der Waals surface area contributed by atoms with Crippen LogP contribution in [0.3, 0.4) is 0 Å². The largest absolute Gasteiger partial charge is 0.378 e. The molecule has 0 bridgehead atoms. The summed E-state index contributed by atoms with van der Waals surface area (Å²) in [6.45, 7) is 5.25. The van der Waals surface area contributed by atoms with E-state index in [0.29, 0.717) is 6.10 Å². The van der Waals surface area contributed by atoms with Gasteiger partial charge in [-0.3, -0.25) is 0 Å². The average Bonchev–Trinajstić information content (AvgIpc) is 2.40. The van der Waals surface area contributed by atoms with E-state index in [0.717, 1.165) is 19.4 Å². The third kappa shape index (κ3) is 3.33. The summed E-state index contributed by atoms with van der Waals surface area (Å²) in [4.78, 5) is 0. The first-order chi connectivity index (χ1) is 8.68. The molecule has 1 fully saturated rings. The highest BCUT2D eigenvalue weighted by Crippen LogP contribution is 2.25. The third-order valence-electron chi connectivity index (χ3n) is 4.12. The van der Waals surface area contributed by atoms with Crippen LogP contribution in [0.1, 0.15) is 54.8 Å². The Labute approximate surface area is 111 Å². The number of ether oxygens (including phenoxy) is 1. The molecule has 0 radical (unpaired) electrons. The lowest BCUT2D eigenvalue weighted by atomic mass is 9.93. The summed E-state index contributed by atoms with van der Waals surface area (Å²) in [5.41, 5.74) is 10.3. The van der Waals surface area contributed by atoms with Gasteiger partial charge in [-0.25, -0.2) is 0 Å². The number of hydrogen-bond acceptors (Lipinski definition) is 2. The molecule has 2 N–H and O–H groups in total. The summed E-state index contributed by atoms with van der Waals surface area (Å²) in [5.74, 6) is 0. The van der Waals surface area contributed by atoms with Gasteiger partial charge in [-0.15, -0.1) is 0 Å². The van der Waals surface area contributed by atoms with Crippen molar-refractivity contribution in [3.05, 3.63) is 34.9 Å². The number of hydrogen-bond donors (Lipinski definition) is 1. The summed E-state index contributed by atoms with van der Waals surface area (Å²) >= 11 is 0. The zero-order valence-corrected chi connectivity index (χ0v) is 11.6. The van der Waals surface area contributed by atoms with Crippen molar-refractivity contribution in [2.24, 2.45) is 5.73 Å². The molecule has 0 saturated carbocycles. The smallest absolute Gasteiger partial charge is 0.0575 e. The number of nitrogens with two attached hydrogens (primary N) is 1. The molecule has 18 heavy (non-hydrogen) atoms. The van der Waals surface area contributed by atoms with Crippen LogP contribution in [0.4, 0.5) is 0 Å². The minimum absolute atomic E-state index is 0.149. The van der Waals surface area contributed by atoms with E-state index >= 15 is 0 Å². The molecule has 0 amide bonds. The van der Waals surface area contributed by atoms with Gasteiger partial charge in [0.05, 0.1) is 6.10 Å². The van der Waals surface area contributed by atoms with Gasteiger partial charge in [0, 0.05) is 12.6 Å². The molecule has 1 aromatic carbocycles. The molecule has 2 nitrogen and oxygen atoms in total. The molecule has 2 rings (SSSR count). The van der Waals surface area contributed by atoms with E-state index in [1.165, 1.54) is 36.0 Å². The Bertz CT molecular complexity index is 383. The van der Waals surface area contributed by atoms with E-state index in [9.17, 15) is 0 Å². The van der Waals surface area contributed by atoms with Gasteiger partial charge >= 0.3 is 0 Å². The topological polar surface area (TPSA) is 35.2 Å². The van der Waals surface area contributed by atoms with E-state index in [2.05, 4.69) is 32.0 Å². The lowest BCUT2D eigenvalue weighted by Crippen LogP contribution is -2.21. The molecule has 1 saturated heterocycles. The maximum Gasteiger partial charge on any atom is 0.0575 e. The number of aryl methyl sites for hydroxylation is 1. The van der Waals surface area contributed by atoms with Crippen LogP contribution in [0.25, 0.3) is 0 Å². The fourth-order valence-electron chi connectivity index (χ4n) is 2.73. The first-order valence-corrected chi connectivity index (χ1v) is 7.12. The fraction of sp³-hybridized carbons (Fsp3) is 0.625. The van der Waals surface area contributed by atoms with Crippen LogP contribution in [-0.2, 0) is 4.74 Å². The molecule has 2 unspecified atom stereocenters. The van der Waals surface area contributed by atoms with Gasteiger partial charge in [-0.1, -0.05) is 18.2 Å². The lowest BCUT2D eigenvalue weighted by molar-refractivity contribution is 0.00911. The van der Waals surface area contributed by atoms with Crippen molar-refractivity contribution in [2.45, 2.75) is 58.1 Å². The van der Waals surface area contributed by atoms with E-state index in [4.69, 9.17) is 10.5 Å². The molecule has 2 heteroatoms. The summed E-state index contributed by atoms with van der Waals surface area (Å²) < 4.78 is 5.76. The second kappa shape index (κ2) is 6.35. The second-order valence-corrected chi connectivity index (χ2v) is 5.46. The monoisotopic (exact) mass is 247 g/mol. The van der Waals surface area contributed by atoms with Gasteiger partial charge < -0.3 is 10.5 Å². The Morgan fingerprint density at radius 2 is 2.17 bits per heavy atom. The van der Waals surface area contributed by atoms with Crippen LogP contribution < -0.4 is 5.73 Å². The normalized spacial score (nSPS) is 21.8. The van der Waals surface area contributed by atoms with Crippen LogP contribution in [0.15, 0.2) is 18.2 Å². The number of benzene rings is 1. The van der Waals surface area contributed by atoms with Crippen molar-refractivity contribution >= 4 is 0 Å². The molecule has 2 atom stereocenters. The first kappa shape index (κ1) is 13.6. The summed E-state index contributed by atoms with van der Waals surface area (Å²) in [5, 5.41) is 0. The molecule has 0 spiro atoms. The molecule has 100 valence electrons. The third-order valence-corrected chi connectivity index (χ3v) is 4.12. The Balaban J connectivity index is 1.90. The van der Waals surface area contributed by atoms with Crippen LogP contribution in [0.5, 0.6) is 0 Å². The van der Waals surface area contributed by atoms with Crippen molar-refractivity contribution in [3.63, 3.8) is 0 Å². The molecule has 0 aromatic heterocycles. The highest BCUT2D eigenvalue weighted by molar-refractivity contribution is 5.35. The van der Waals surface area contributed by atoms with E-state index < -0.39 is 0 Å². The molecule has 1 heterocycles. The highest BCUT2D eigenvalue weighted by Gasteiger charge is 2.16. The van der Waals surface area contributed by atoms with E-state index in [1.807, 2.05) is 0 Å². The lowest BCUT2D eigenvalue weighted by Gasteiger charge is -2.24. The SMILES string of the molecule is Cc1cccc(C(N)CCC2CCCCO2)c1C. The highest BCUT2D eigenvalue weighted by atomic mass is 16.5. The molecular formula is C16H25NO. The van der Waals surface area contributed by atoms with Gasteiger partial charge in [0.15, 0.2) is 0 Å². The van der Waals surface area contributed by atoms with Gasteiger partial charge in [0.1, 0.15) is 0 Å². The summed E-state index contributed by atoms with van der Waals surface area (Å²) in [6.07, 6.45) is 6.29. The Morgan fingerprint density at radius 3 is 2.89 bits per heavy atom.